The number of hydrazone groups is 1. The molecule has 0 saturated carbocycles. The monoisotopic (exact) mass is 526 g/mol. The first-order chi connectivity index (χ1) is 18.3. The molecule has 0 bridgehead atoms. The average Bonchev–Trinajstić information content (AvgIpc) is 3.39. The predicted octanol–water partition coefficient (Wildman–Crippen LogP) is 5.90. The number of hydrogen-bond acceptors (Lipinski definition) is 5. The number of aryl methyl sites for hydroxylation is 1. The highest BCUT2D eigenvalue weighted by Gasteiger charge is 2.14. The van der Waals surface area contributed by atoms with Gasteiger partial charge in [-0.1, -0.05) is 54.1 Å². The minimum Gasteiger partial charge on any atom is -0.455 e. The van der Waals surface area contributed by atoms with Crippen LogP contribution in [-0.4, -0.2) is 32.1 Å². The molecular weight excluding hydrogens is 500 g/mol. The molecule has 192 valence electrons. The molecule has 0 aliphatic heterocycles. The van der Waals surface area contributed by atoms with Crippen LogP contribution in [0.25, 0.3) is 17.4 Å². The second kappa shape index (κ2) is 12.1. The van der Waals surface area contributed by atoms with Crippen molar-refractivity contribution in [2.75, 3.05) is 19.0 Å². The third kappa shape index (κ3) is 6.78. The Balaban J connectivity index is 1.50. The van der Waals surface area contributed by atoms with Crippen LogP contribution in [-0.2, 0) is 4.79 Å². The van der Waals surface area contributed by atoms with E-state index in [4.69, 9.17) is 16.0 Å². The van der Waals surface area contributed by atoms with Gasteiger partial charge in [0, 0.05) is 35.9 Å². The van der Waals surface area contributed by atoms with E-state index in [1.807, 2.05) is 74.4 Å². The molecule has 2 N–H and O–H groups in total. The van der Waals surface area contributed by atoms with Crippen LogP contribution in [0.1, 0.15) is 27.2 Å². The molecule has 0 spiro atoms. The van der Waals surface area contributed by atoms with E-state index in [0.29, 0.717) is 22.1 Å². The highest BCUT2D eigenvalue weighted by atomic mass is 35.5. The van der Waals surface area contributed by atoms with Gasteiger partial charge in [-0.15, -0.1) is 0 Å². The normalized spacial score (nSPS) is 11.4. The Morgan fingerprint density at radius 3 is 2.37 bits per heavy atom. The van der Waals surface area contributed by atoms with Crippen molar-refractivity contribution in [2.24, 2.45) is 5.10 Å². The van der Waals surface area contributed by atoms with Crippen molar-refractivity contribution in [3.63, 3.8) is 0 Å². The highest BCUT2D eigenvalue weighted by Crippen LogP contribution is 2.26. The fourth-order valence-corrected chi connectivity index (χ4v) is 3.70. The topological polar surface area (TPSA) is 86.9 Å². The van der Waals surface area contributed by atoms with Crippen LogP contribution < -0.4 is 15.6 Å². The number of anilines is 1. The van der Waals surface area contributed by atoms with Crippen molar-refractivity contribution in [1.29, 1.82) is 0 Å². The summed E-state index contributed by atoms with van der Waals surface area (Å²) >= 11 is 6.22. The largest absolute Gasteiger partial charge is 0.455 e. The van der Waals surface area contributed by atoms with E-state index in [-0.39, 0.29) is 5.70 Å². The molecule has 0 radical (unpaired) electrons. The Hall–Kier alpha value is -4.62. The fraction of sp³-hybridized carbons (Fsp3) is 0.100. The Morgan fingerprint density at radius 1 is 0.947 bits per heavy atom. The number of benzene rings is 3. The van der Waals surface area contributed by atoms with Gasteiger partial charge in [0.05, 0.1) is 6.21 Å². The SMILES string of the molecule is Cc1ccc(-c2ccc(/C=N/NC(=O)/C(=C/c3ccc(N(C)C)cc3)NC(=O)c3ccccc3)o2)cc1Cl. The summed E-state index contributed by atoms with van der Waals surface area (Å²) in [6.07, 6.45) is 2.98. The van der Waals surface area contributed by atoms with Crippen molar-refractivity contribution in [2.45, 2.75) is 6.92 Å². The van der Waals surface area contributed by atoms with Gasteiger partial charge in [0.2, 0.25) is 0 Å². The zero-order valence-corrected chi connectivity index (χ0v) is 22.0. The van der Waals surface area contributed by atoms with E-state index in [0.717, 1.165) is 22.4 Å². The molecule has 8 heteroatoms. The number of nitrogens with one attached hydrogen (secondary N) is 2. The molecule has 4 aromatic rings. The van der Waals surface area contributed by atoms with Crippen LogP contribution in [0.5, 0.6) is 0 Å². The van der Waals surface area contributed by atoms with Crippen LogP contribution in [0.3, 0.4) is 0 Å². The zero-order chi connectivity index (χ0) is 27.1. The first kappa shape index (κ1) is 26.4. The number of carbonyl (C=O) groups is 2. The number of carbonyl (C=O) groups excluding carboxylic acids is 2. The van der Waals surface area contributed by atoms with E-state index in [1.54, 1.807) is 42.5 Å². The summed E-state index contributed by atoms with van der Waals surface area (Å²) in [6, 6.07) is 25.4. The van der Waals surface area contributed by atoms with Gasteiger partial charge in [0.15, 0.2) is 0 Å². The van der Waals surface area contributed by atoms with Gasteiger partial charge in [-0.25, -0.2) is 5.43 Å². The Bertz CT molecular complexity index is 1490. The maximum Gasteiger partial charge on any atom is 0.287 e. The summed E-state index contributed by atoms with van der Waals surface area (Å²) in [6.45, 7) is 1.93. The molecule has 7 nitrogen and oxygen atoms in total. The number of furan rings is 1. The van der Waals surface area contributed by atoms with Crippen LogP contribution in [0.2, 0.25) is 5.02 Å². The molecule has 0 aliphatic carbocycles. The Morgan fingerprint density at radius 2 is 1.68 bits per heavy atom. The van der Waals surface area contributed by atoms with Crippen molar-refractivity contribution in [3.8, 4) is 11.3 Å². The van der Waals surface area contributed by atoms with Crippen LogP contribution >= 0.6 is 11.6 Å². The molecule has 2 amide bonds. The van der Waals surface area contributed by atoms with E-state index in [1.165, 1.54) is 6.21 Å². The standard InChI is InChI=1S/C30H27ClN4O3/c1-20-9-12-23(18-26(20)31)28-16-15-25(38-28)19-32-34-30(37)27(33-29(36)22-7-5-4-6-8-22)17-21-10-13-24(14-11-21)35(2)3/h4-19H,1-3H3,(H,33,36)(H,34,37)/b27-17-,32-19+. The summed E-state index contributed by atoms with van der Waals surface area (Å²) in [5.41, 5.74) is 6.49. The lowest BCUT2D eigenvalue weighted by molar-refractivity contribution is -0.117. The molecular formula is C30H27ClN4O3. The summed E-state index contributed by atoms with van der Waals surface area (Å²) in [7, 11) is 3.89. The van der Waals surface area contributed by atoms with Gasteiger partial charge in [-0.2, -0.15) is 5.10 Å². The highest BCUT2D eigenvalue weighted by molar-refractivity contribution is 6.31. The van der Waals surface area contributed by atoms with Gasteiger partial charge in [0.25, 0.3) is 11.8 Å². The van der Waals surface area contributed by atoms with Crippen molar-refractivity contribution < 1.29 is 14.0 Å². The minimum absolute atomic E-state index is 0.0445. The maximum absolute atomic E-state index is 13.0. The third-order valence-corrected chi connectivity index (χ3v) is 6.10. The molecule has 1 heterocycles. The molecule has 0 aliphatic rings. The van der Waals surface area contributed by atoms with Crippen LogP contribution in [0.15, 0.2) is 100 Å². The fourth-order valence-electron chi connectivity index (χ4n) is 3.52. The van der Waals surface area contributed by atoms with Gasteiger partial charge in [-0.05, 0) is 66.6 Å². The summed E-state index contributed by atoms with van der Waals surface area (Å²) in [5.74, 6) is 0.0688. The van der Waals surface area contributed by atoms with E-state index in [2.05, 4.69) is 15.8 Å². The molecule has 3 aromatic carbocycles. The number of halogens is 1. The molecule has 0 unspecified atom stereocenters. The molecule has 0 fully saturated rings. The number of nitrogens with zero attached hydrogens (tertiary/aromatic N) is 2. The van der Waals surface area contributed by atoms with Crippen molar-refractivity contribution >= 4 is 41.4 Å². The van der Waals surface area contributed by atoms with Crippen LogP contribution in [0, 0.1) is 6.92 Å². The van der Waals surface area contributed by atoms with E-state index < -0.39 is 11.8 Å². The molecule has 4 rings (SSSR count). The lowest BCUT2D eigenvalue weighted by Gasteiger charge is -2.12. The third-order valence-electron chi connectivity index (χ3n) is 5.69. The number of hydrogen-bond donors (Lipinski definition) is 2. The maximum atomic E-state index is 13.0. The molecule has 0 saturated heterocycles. The van der Waals surface area contributed by atoms with Crippen molar-refractivity contribution in [1.82, 2.24) is 10.7 Å². The lowest BCUT2D eigenvalue weighted by atomic mass is 10.1. The lowest BCUT2D eigenvalue weighted by Crippen LogP contribution is -2.32. The van der Waals surface area contributed by atoms with Crippen LogP contribution in [0.4, 0.5) is 5.69 Å². The second-order valence-electron chi connectivity index (χ2n) is 8.73. The molecule has 1 aromatic heterocycles. The summed E-state index contributed by atoms with van der Waals surface area (Å²) in [5, 5.41) is 7.36. The summed E-state index contributed by atoms with van der Waals surface area (Å²) < 4.78 is 5.81. The van der Waals surface area contributed by atoms with Gasteiger partial charge < -0.3 is 14.6 Å². The predicted molar refractivity (Wildman–Crippen MR) is 152 cm³/mol. The minimum atomic E-state index is -0.584. The quantitative estimate of drug-likeness (QED) is 0.170. The Labute approximate surface area is 226 Å². The molecule has 0 atom stereocenters. The first-order valence-electron chi connectivity index (χ1n) is 11.9. The average molecular weight is 527 g/mol. The Kier molecular flexibility index (Phi) is 8.40. The second-order valence-corrected chi connectivity index (χ2v) is 9.14. The smallest absolute Gasteiger partial charge is 0.287 e. The van der Waals surface area contributed by atoms with Gasteiger partial charge in [0.1, 0.15) is 17.2 Å². The number of amides is 2. The van der Waals surface area contributed by atoms with E-state index in [9.17, 15) is 9.59 Å². The number of rotatable bonds is 8. The zero-order valence-electron chi connectivity index (χ0n) is 21.2. The summed E-state index contributed by atoms with van der Waals surface area (Å²) in [4.78, 5) is 27.8. The first-order valence-corrected chi connectivity index (χ1v) is 12.2. The van der Waals surface area contributed by atoms with Crippen molar-refractivity contribution in [3.05, 3.63) is 118 Å². The van der Waals surface area contributed by atoms with E-state index >= 15 is 0 Å². The van der Waals surface area contributed by atoms with Gasteiger partial charge >= 0.3 is 0 Å². The van der Waals surface area contributed by atoms with Gasteiger partial charge in [-0.3, -0.25) is 9.59 Å². The molecule has 38 heavy (non-hydrogen) atoms.